The van der Waals surface area contributed by atoms with Crippen molar-refractivity contribution in [3.63, 3.8) is 0 Å². The number of carbonyl (C=O) groups is 4. The highest BCUT2D eigenvalue weighted by molar-refractivity contribution is 6.40. The second-order valence-electron chi connectivity index (χ2n) is 8.20. The SMILES string of the molecule is O=C(OCCOCCOCCOCCOCCOCCN1C(=O)c2ccccc2C1=O)C(=O)c1ccccc1. The number of Topliss-reactive ketones (excluding diaryl/α,β-unsaturated/α-hetero) is 1. The first-order valence-electron chi connectivity index (χ1n) is 12.7. The van der Waals surface area contributed by atoms with Gasteiger partial charge in [-0.1, -0.05) is 42.5 Å². The molecule has 1 aliphatic rings. The number of carbonyl (C=O) groups excluding carboxylic acids is 4. The Morgan fingerprint density at radius 2 is 0.949 bits per heavy atom. The van der Waals surface area contributed by atoms with Crippen LogP contribution in [0.25, 0.3) is 0 Å². The minimum atomic E-state index is -0.908. The third kappa shape index (κ3) is 9.97. The van der Waals surface area contributed by atoms with Gasteiger partial charge in [0.1, 0.15) is 6.61 Å². The Labute approximate surface area is 226 Å². The van der Waals surface area contributed by atoms with Crippen LogP contribution in [0.1, 0.15) is 31.1 Å². The highest BCUT2D eigenvalue weighted by Crippen LogP contribution is 2.21. The molecule has 0 atom stereocenters. The van der Waals surface area contributed by atoms with Crippen molar-refractivity contribution in [3.05, 3.63) is 71.3 Å². The van der Waals surface area contributed by atoms with Gasteiger partial charge in [0, 0.05) is 5.56 Å². The maximum absolute atomic E-state index is 12.3. The average molecular weight is 544 g/mol. The molecule has 11 heteroatoms. The summed E-state index contributed by atoms with van der Waals surface area (Å²) in [4.78, 5) is 49.3. The second kappa shape index (κ2) is 17.2. The summed E-state index contributed by atoms with van der Waals surface area (Å²) in [6.07, 6.45) is 0. The van der Waals surface area contributed by atoms with Crippen molar-refractivity contribution in [2.75, 3.05) is 79.2 Å². The van der Waals surface area contributed by atoms with Crippen molar-refractivity contribution in [1.29, 1.82) is 0 Å². The first kappa shape index (κ1) is 30.1. The Morgan fingerprint density at radius 3 is 1.44 bits per heavy atom. The van der Waals surface area contributed by atoms with E-state index in [-0.39, 0.29) is 43.7 Å². The lowest BCUT2D eigenvalue weighted by atomic mass is 10.1. The number of ketones is 1. The van der Waals surface area contributed by atoms with Crippen molar-refractivity contribution >= 4 is 23.6 Å². The highest BCUT2D eigenvalue weighted by Gasteiger charge is 2.34. The summed E-state index contributed by atoms with van der Waals surface area (Å²) in [5.41, 5.74) is 1.15. The summed E-state index contributed by atoms with van der Waals surface area (Å²) < 4.78 is 31.9. The molecule has 39 heavy (non-hydrogen) atoms. The lowest BCUT2D eigenvalue weighted by Crippen LogP contribution is -2.33. The van der Waals surface area contributed by atoms with Crippen LogP contribution < -0.4 is 0 Å². The summed E-state index contributed by atoms with van der Waals surface area (Å²) in [7, 11) is 0. The number of imide groups is 1. The smallest absolute Gasteiger partial charge is 0.379 e. The molecule has 0 unspecified atom stereocenters. The normalized spacial score (nSPS) is 12.6. The molecule has 0 aliphatic carbocycles. The molecular formula is C28H33NO10. The molecule has 0 N–H and O–H groups in total. The summed E-state index contributed by atoms with van der Waals surface area (Å²) in [5, 5.41) is 0. The molecule has 2 aromatic carbocycles. The third-order valence-corrected chi connectivity index (χ3v) is 5.51. The van der Waals surface area contributed by atoms with Gasteiger partial charge in [0.2, 0.25) is 0 Å². The Kier molecular flexibility index (Phi) is 13.2. The zero-order valence-electron chi connectivity index (χ0n) is 21.7. The zero-order valence-corrected chi connectivity index (χ0v) is 21.7. The van der Waals surface area contributed by atoms with Gasteiger partial charge >= 0.3 is 5.97 Å². The number of benzene rings is 2. The van der Waals surface area contributed by atoms with E-state index in [0.29, 0.717) is 64.0 Å². The molecule has 0 saturated heterocycles. The lowest BCUT2D eigenvalue weighted by Gasteiger charge is -2.13. The average Bonchev–Trinajstić information content (AvgIpc) is 3.21. The molecule has 0 aromatic heterocycles. The van der Waals surface area contributed by atoms with E-state index >= 15 is 0 Å². The van der Waals surface area contributed by atoms with E-state index in [0.717, 1.165) is 0 Å². The molecule has 210 valence electrons. The van der Waals surface area contributed by atoms with Gasteiger partial charge in [-0.2, -0.15) is 0 Å². The Balaban J connectivity index is 1.04. The van der Waals surface area contributed by atoms with E-state index < -0.39 is 11.8 Å². The Morgan fingerprint density at radius 1 is 0.538 bits per heavy atom. The van der Waals surface area contributed by atoms with Crippen molar-refractivity contribution in [1.82, 2.24) is 4.90 Å². The largest absolute Gasteiger partial charge is 0.457 e. The van der Waals surface area contributed by atoms with Crippen LogP contribution in [-0.4, -0.2) is 108 Å². The standard InChI is InChI=1S/C28H33NO10/c30-25(22-6-2-1-3-7-22)28(33)39-21-20-38-19-18-37-17-16-36-15-14-35-13-12-34-11-10-29-26(31)23-8-4-5-9-24(23)27(29)32/h1-9H,10-21H2. The lowest BCUT2D eigenvalue weighted by molar-refractivity contribution is -0.139. The monoisotopic (exact) mass is 543 g/mol. The second-order valence-corrected chi connectivity index (χ2v) is 8.20. The summed E-state index contributed by atoms with van der Waals surface area (Å²) in [6, 6.07) is 15.0. The van der Waals surface area contributed by atoms with Crippen molar-refractivity contribution < 1.29 is 47.6 Å². The summed E-state index contributed by atoms with van der Waals surface area (Å²) in [5.74, 6) is -2.18. The van der Waals surface area contributed by atoms with Gasteiger partial charge in [0.05, 0.1) is 83.7 Å². The molecule has 0 fully saturated rings. The van der Waals surface area contributed by atoms with E-state index in [1.807, 2.05) is 0 Å². The fourth-order valence-electron chi connectivity index (χ4n) is 3.55. The number of hydrogen-bond acceptors (Lipinski definition) is 10. The molecule has 0 spiro atoms. The Bertz CT molecular complexity index is 1040. The predicted octanol–water partition coefficient (Wildman–Crippen LogP) is 1.79. The molecule has 11 nitrogen and oxygen atoms in total. The summed E-state index contributed by atoms with van der Waals surface area (Å²) >= 11 is 0. The number of esters is 1. The van der Waals surface area contributed by atoms with Crippen LogP contribution in [0, 0.1) is 0 Å². The molecule has 0 saturated carbocycles. The van der Waals surface area contributed by atoms with Crippen LogP contribution in [0.5, 0.6) is 0 Å². The van der Waals surface area contributed by atoms with E-state index in [2.05, 4.69) is 0 Å². The maximum atomic E-state index is 12.3. The molecule has 1 heterocycles. The number of hydrogen-bond donors (Lipinski definition) is 0. The molecule has 2 aromatic rings. The zero-order chi connectivity index (χ0) is 27.7. The van der Waals surface area contributed by atoms with Crippen molar-refractivity contribution in [3.8, 4) is 0 Å². The van der Waals surface area contributed by atoms with E-state index in [9.17, 15) is 19.2 Å². The number of ether oxygens (including phenoxy) is 6. The molecule has 0 bridgehead atoms. The van der Waals surface area contributed by atoms with Gasteiger partial charge in [-0.05, 0) is 12.1 Å². The first-order valence-corrected chi connectivity index (χ1v) is 12.7. The quantitative estimate of drug-likeness (QED) is 0.0802. The van der Waals surface area contributed by atoms with E-state index in [4.69, 9.17) is 28.4 Å². The van der Waals surface area contributed by atoms with Gasteiger partial charge < -0.3 is 28.4 Å². The predicted molar refractivity (Wildman–Crippen MR) is 138 cm³/mol. The van der Waals surface area contributed by atoms with Crippen LogP contribution >= 0.6 is 0 Å². The van der Waals surface area contributed by atoms with Crippen LogP contribution in [0.2, 0.25) is 0 Å². The van der Waals surface area contributed by atoms with Crippen LogP contribution in [0.4, 0.5) is 0 Å². The van der Waals surface area contributed by atoms with Gasteiger partial charge in [-0.15, -0.1) is 0 Å². The topological polar surface area (TPSA) is 127 Å². The molecule has 2 amide bonds. The van der Waals surface area contributed by atoms with Crippen LogP contribution in [0.15, 0.2) is 54.6 Å². The fourth-order valence-corrected chi connectivity index (χ4v) is 3.55. The first-order chi connectivity index (χ1) is 19.1. The van der Waals surface area contributed by atoms with E-state index in [1.54, 1.807) is 54.6 Å². The number of amides is 2. The van der Waals surface area contributed by atoms with Gasteiger partial charge in [-0.25, -0.2) is 4.79 Å². The molecular weight excluding hydrogens is 510 g/mol. The van der Waals surface area contributed by atoms with E-state index in [1.165, 1.54) is 4.90 Å². The summed E-state index contributed by atoms with van der Waals surface area (Å²) in [6.45, 7) is 3.58. The third-order valence-electron chi connectivity index (χ3n) is 5.51. The van der Waals surface area contributed by atoms with Crippen LogP contribution in [0.3, 0.4) is 0 Å². The molecule has 0 radical (unpaired) electrons. The van der Waals surface area contributed by atoms with Gasteiger partial charge in [0.15, 0.2) is 0 Å². The number of rotatable bonds is 20. The molecule has 1 aliphatic heterocycles. The van der Waals surface area contributed by atoms with Gasteiger partial charge in [0.25, 0.3) is 17.6 Å². The Hall–Kier alpha value is -3.48. The fraction of sp³-hybridized carbons (Fsp3) is 0.429. The van der Waals surface area contributed by atoms with Crippen molar-refractivity contribution in [2.24, 2.45) is 0 Å². The number of fused-ring (bicyclic) bond motifs is 1. The highest BCUT2D eigenvalue weighted by atomic mass is 16.6. The molecule has 3 rings (SSSR count). The van der Waals surface area contributed by atoms with Crippen molar-refractivity contribution in [2.45, 2.75) is 0 Å². The maximum Gasteiger partial charge on any atom is 0.379 e. The number of nitrogens with zero attached hydrogens (tertiary/aromatic N) is 1. The minimum absolute atomic E-state index is 0.0157. The van der Waals surface area contributed by atoms with Gasteiger partial charge in [-0.3, -0.25) is 19.3 Å². The minimum Gasteiger partial charge on any atom is -0.457 e. The van der Waals surface area contributed by atoms with Crippen LogP contribution in [-0.2, 0) is 33.2 Å².